The Morgan fingerprint density at radius 1 is 1.15 bits per heavy atom. The molecule has 5 rings (SSSR count). The third kappa shape index (κ3) is 4.20. The minimum absolute atomic E-state index is 0.0468. The van der Waals surface area contributed by atoms with Crippen LogP contribution < -0.4 is 15.8 Å². The van der Waals surface area contributed by atoms with Crippen molar-refractivity contribution in [2.45, 2.75) is 13.0 Å². The molecule has 0 atom stereocenters. The quantitative estimate of drug-likeness (QED) is 0.357. The van der Waals surface area contributed by atoms with Crippen molar-refractivity contribution in [3.8, 4) is 17.0 Å². The Labute approximate surface area is 189 Å². The predicted octanol–water partition coefficient (Wildman–Crippen LogP) is 2.92. The summed E-state index contributed by atoms with van der Waals surface area (Å²) in [5.74, 6) is 1.09. The van der Waals surface area contributed by atoms with E-state index in [9.17, 15) is 4.79 Å². The molecule has 0 aliphatic carbocycles. The molecule has 3 heterocycles. The number of H-pyrrole nitrogens is 1. The molecule has 0 aliphatic heterocycles. The first-order chi connectivity index (χ1) is 16.1. The van der Waals surface area contributed by atoms with Gasteiger partial charge in [-0.05, 0) is 29.8 Å². The first-order valence-electron chi connectivity index (χ1n) is 10.6. The lowest BCUT2D eigenvalue weighted by Gasteiger charge is -2.06. The van der Waals surface area contributed by atoms with E-state index in [0.717, 1.165) is 38.9 Å². The standard InChI is InChI=1S/C24H23N7O2/c1-33-17-5-2-15(3-6-17)12-22(32)26-10-11-31-14-19-18-7-4-16(20-8-9-27-29-20)13-21(18)28-24(25)23(19)30-31/h2-9,13-14H,10-12H2,1H3,(H2,25,28)(H,26,32)(H,27,29). The largest absolute Gasteiger partial charge is 0.497 e. The number of hydrogen-bond acceptors (Lipinski definition) is 6. The van der Waals surface area contributed by atoms with Gasteiger partial charge in [0, 0.05) is 35.3 Å². The van der Waals surface area contributed by atoms with Gasteiger partial charge >= 0.3 is 0 Å². The number of rotatable bonds is 7. The highest BCUT2D eigenvalue weighted by Crippen LogP contribution is 2.29. The number of carbonyl (C=O) groups excluding carboxylic acids is 1. The van der Waals surface area contributed by atoms with Crippen LogP contribution in [-0.4, -0.2) is 44.5 Å². The average molecular weight is 441 g/mol. The molecule has 0 unspecified atom stereocenters. The molecule has 4 N–H and O–H groups in total. The summed E-state index contributed by atoms with van der Waals surface area (Å²) in [7, 11) is 1.62. The van der Waals surface area contributed by atoms with E-state index in [2.05, 4.69) is 25.6 Å². The smallest absolute Gasteiger partial charge is 0.224 e. The Morgan fingerprint density at radius 3 is 2.76 bits per heavy atom. The van der Waals surface area contributed by atoms with Crippen LogP contribution in [0.25, 0.3) is 33.1 Å². The number of fused-ring (bicyclic) bond motifs is 3. The maximum atomic E-state index is 12.3. The van der Waals surface area contributed by atoms with Crippen molar-refractivity contribution in [1.82, 2.24) is 30.3 Å². The van der Waals surface area contributed by atoms with Crippen LogP contribution in [0.4, 0.5) is 5.82 Å². The van der Waals surface area contributed by atoms with Gasteiger partial charge in [-0.3, -0.25) is 14.6 Å². The van der Waals surface area contributed by atoms with Gasteiger partial charge in [0.25, 0.3) is 0 Å². The van der Waals surface area contributed by atoms with Gasteiger partial charge in [0.2, 0.25) is 5.91 Å². The lowest BCUT2D eigenvalue weighted by atomic mass is 10.1. The number of carbonyl (C=O) groups is 1. The molecule has 0 saturated carbocycles. The fourth-order valence-electron chi connectivity index (χ4n) is 3.84. The maximum absolute atomic E-state index is 12.3. The second-order valence-corrected chi connectivity index (χ2v) is 7.72. The minimum Gasteiger partial charge on any atom is -0.497 e. The van der Waals surface area contributed by atoms with E-state index in [1.807, 2.05) is 54.7 Å². The van der Waals surface area contributed by atoms with E-state index in [0.29, 0.717) is 30.8 Å². The van der Waals surface area contributed by atoms with Gasteiger partial charge < -0.3 is 15.8 Å². The number of pyridine rings is 1. The topological polar surface area (TPSA) is 124 Å². The summed E-state index contributed by atoms with van der Waals surface area (Å²) in [6, 6.07) is 15.4. The number of nitrogen functional groups attached to an aromatic ring is 1. The van der Waals surface area contributed by atoms with Crippen LogP contribution in [0.1, 0.15) is 5.56 Å². The normalized spacial score (nSPS) is 11.2. The lowest BCUT2D eigenvalue weighted by molar-refractivity contribution is -0.120. The molecular formula is C24H23N7O2. The van der Waals surface area contributed by atoms with E-state index >= 15 is 0 Å². The molecule has 5 aromatic rings. The van der Waals surface area contributed by atoms with Crippen molar-refractivity contribution in [3.63, 3.8) is 0 Å². The number of nitrogens with zero attached hydrogens (tertiary/aromatic N) is 4. The van der Waals surface area contributed by atoms with Crippen molar-refractivity contribution in [2.75, 3.05) is 19.4 Å². The number of aromatic nitrogens is 5. The molecule has 0 aliphatic rings. The summed E-state index contributed by atoms with van der Waals surface area (Å²) >= 11 is 0. The molecule has 0 fully saturated rings. The number of methoxy groups -OCH3 is 1. The number of nitrogens with two attached hydrogens (primary N) is 1. The van der Waals surface area contributed by atoms with Crippen LogP contribution in [0.3, 0.4) is 0 Å². The van der Waals surface area contributed by atoms with Gasteiger partial charge in [0.1, 0.15) is 11.3 Å². The van der Waals surface area contributed by atoms with E-state index in [1.54, 1.807) is 18.0 Å². The third-order valence-electron chi connectivity index (χ3n) is 5.52. The number of hydrogen-bond donors (Lipinski definition) is 3. The van der Waals surface area contributed by atoms with Crippen LogP contribution >= 0.6 is 0 Å². The van der Waals surface area contributed by atoms with Crippen LogP contribution in [0, 0.1) is 0 Å². The molecular weight excluding hydrogens is 418 g/mol. The summed E-state index contributed by atoms with van der Waals surface area (Å²) in [5, 5.41) is 16.5. The second-order valence-electron chi connectivity index (χ2n) is 7.72. The molecule has 0 saturated heterocycles. The first-order valence-corrected chi connectivity index (χ1v) is 10.6. The maximum Gasteiger partial charge on any atom is 0.224 e. The lowest BCUT2D eigenvalue weighted by Crippen LogP contribution is -2.28. The highest BCUT2D eigenvalue weighted by molar-refractivity contribution is 6.08. The molecule has 33 heavy (non-hydrogen) atoms. The van der Waals surface area contributed by atoms with E-state index in [-0.39, 0.29) is 5.91 Å². The zero-order valence-corrected chi connectivity index (χ0v) is 18.1. The summed E-state index contributed by atoms with van der Waals surface area (Å²) in [4.78, 5) is 16.8. The van der Waals surface area contributed by atoms with Gasteiger partial charge in [0.05, 0.1) is 31.3 Å². The van der Waals surface area contributed by atoms with Crippen molar-refractivity contribution in [1.29, 1.82) is 0 Å². The van der Waals surface area contributed by atoms with Crippen molar-refractivity contribution < 1.29 is 9.53 Å². The Hall–Kier alpha value is -4.40. The molecule has 0 spiro atoms. The first kappa shape index (κ1) is 20.5. The van der Waals surface area contributed by atoms with Crippen molar-refractivity contribution in [2.24, 2.45) is 0 Å². The molecule has 166 valence electrons. The zero-order valence-electron chi connectivity index (χ0n) is 18.1. The molecule has 9 nitrogen and oxygen atoms in total. The molecule has 0 radical (unpaired) electrons. The molecule has 0 bridgehead atoms. The number of ether oxygens (including phenoxy) is 1. The summed E-state index contributed by atoms with van der Waals surface area (Å²) in [6.07, 6.45) is 4.04. The average Bonchev–Trinajstić information content (AvgIpc) is 3.50. The number of aromatic amines is 1. The Bertz CT molecular complexity index is 1420. The summed E-state index contributed by atoms with van der Waals surface area (Å²) in [5.41, 5.74) is 10.4. The summed E-state index contributed by atoms with van der Waals surface area (Å²) in [6.45, 7) is 0.979. The van der Waals surface area contributed by atoms with Crippen molar-refractivity contribution in [3.05, 3.63) is 66.5 Å². The van der Waals surface area contributed by atoms with Crippen molar-refractivity contribution >= 4 is 33.5 Å². The van der Waals surface area contributed by atoms with Gasteiger partial charge in [-0.25, -0.2) is 4.98 Å². The predicted molar refractivity (Wildman–Crippen MR) is 127 cm³/mol. The Balaban J connectivity index is 1.29. The highest BCUT2D eigenvalue weighted by Gasteiger charge is 2.12. The number of amides is 1. The van der Waals surface area contributed by atoms with Gasteiger partial charge in [-0.1, -0.05) is 24.3 Å². The molecule has 3 aromatic heterocycles. The Kier molecular flexibility index (Phi) is 5.35. The van der Waals surface area contributed by atoms with Crippen LogP contribution in [0.2, 0.25) is 0 Å². The van der Waals surface area contributed by atoms with Crippen LogP contribution in [0.5, 0.6) is 5.75 Å². The monoisotopic (exact) mass is 441 g/mol. The second kappa shape index (κ2) is 8.62. The summed E-state index contributed by atoms with van der Waals surface area (Å²) < 4.78 is 6.93. The van der Waals surface area contributed by atoms with Crippen LogP contribution in [0.15, 0.2) is 60.9 Å². The zero-order chi connectivity index (χ0) is 22.8. The fourth-order valence-corrected chi connectivity index (χ4v) is 3.84. The SMILES string of the molecule is COc1ccc(CC(=O)NCCn2cc3c(n2)c(N)nc2cc(-c4cc[nH]n4)ccc23)cc1. The van der Waals surface area contributed by atoms with Gasteiger partial charge in [0.15, 0.2) is 5.82 Å². The molecule has 1 amide bonds. The van der Waals surface area contributed by atoms with E-state index < -0.39 is 0 Å². The third-order valence-corrected chi connectivity index (χ3v) is 5.52. The fraction of sp³-hybridized carbons (Fsp3) is 0.167. The number of nitrogens with one attached hydrogen (secondary N) is 2. The van der Waals surface area contributed by atoms with Gasteiger partial charge in [-0.15, -0.1) is 0 Å². The number of anilines is 1. The highest BCUT2D eigenvalue weighted by atomic mass is 16.5. The van der Waals surface area contributed by atoms with E-state index in [1.165, 1.54) is 0 Å². The number of benzene rings is 2. The van der Waals surface area contributed by atoms with E-state index in [4.69, 9.17) is 10.5 Å². The minimum atomic E-state index is -0.0468. The van der Waals surface area contributed by atoms with Crippen LogP contribution in [-0.2, 0) is 17.8 Å². The molecule has 2 aromatic carbocycles. The Morgan fingerprint density at radius 2 is 2.00 bits per heavy atom. The molecule has 9 heteroatoms. The van der Waals surface area contributed by atoms with Gasteiger partial charge in [-0.2, -0.15) is 10.2 Å².